The summed E-state index contributed by atoms with van der Waals surface area (Å²) in [5.41, 5.74) is 3.59. The van der Waals surface area contributed by atoms with Gasteiger partial charge in [0.15, 0.2) is 5.82 Å². The standard InChI is InChI=1S/C30H34F2N6O/c31-19-12-30(10-3-11-38(30)14-19)17-39-29-35-27-24(28(36-29)37-15-20-8-9-21(16-37)34-20)13-33-26(25(27)32)23-7-2-5-18-4-1-6-22(18)23/h2,5,7,13,19-21,34H,1,3-4,6,8-12,14-17H2/t19-,20?,21?,30+/m1/s1. The van der Waals surface area contributed by atoms with Crippen LogP contribution in [-0.2, 0) is 12.8 Å². The average molecular weight is 533 g/mol. The first kappa shape index (κ1) is 23.9. The minimum atomic E-state index is -0.836. The first-order chi connectivity index (χ1) is 19.1. The molecule has 5 aliphatic rings. The lowest BCUT2D eigenvalue weighted by molar-refractivity contribution is 0.107. The number of aromatic nitrogens is 3. The molecule has 2 aromatic heterocycles. The quantitative estimate of drug-likeness (QED) is 0.528. The second-order valence-electron chi connectivity index (χ2n) is 12.2. The normalized spacial score (nSPS) is 29.8. The number of alkyl halides is 1. The van der Waals surface area contributed by atoms with Crippen LogP contribution >= 0.6 is 0 Å². The molecule has 1 N–H and O–H groups in total. The number of anilines is 1. The van der Waals surface area contributed by atoms with Crippen molar-refractivity contribution in [1.29, 1.82) is 0 Å². The number of hydrogen-bond acceptors (Lipinski definition) is 7. The maximum absolute atomic E-state index is 16.4. The van der Waals surface area contributed by atoms with Crippen LogP contribution in [0, 0.1) is 5.82 Å². The predicted octanol–water partition coefficient (Wildman–Crippen LogP) is 4.22. The van der Waals surface area contributed by atoms with Gasteiger partial charge in [-0.1, -0.05) is 18.2 Å². The van der Waals surface area contributed by atoms with Gasteiger partial charge in [0.25, 0.3) is 0 Å². The number of benzene rings is 1. The van der Waals surface area contributed by atoms with Crippen molar-refractivity contribution in [2.75, 3.05) is 37.7 Å². The third-order valence-corrected chi connectivity index (χ3v) is 9.79. The van der Waals surface area contributed by atoms with Crippen LogP contribution in [0.25, 0.3) is 22.2 Å². The number of rotatable bonds is 5. The molecule has 39 heavy (non-hydrogen) atoms. The number of halogens is 2. The molecule has 4 fully saturated rings. The molecule has 0 amide bonds. The Bertz CT molecular complexity index is 1440. The summed E-state index contributed by atoms with van der Waals surface area (Å²) >= 11 is 0. The summed E-state index contributed by atoms with van der Waals surface area (Å²) in [6.07, 6.45) is 8.61. The van der Waals surface area contributed by atoms with Crippen molar-refractivity contribution >= 4 is 16.7 Å². The molecule has 0 radical (unpaired) electrons. The van der Waals surface area contributed by atoms with Crippen LogP contribution in [0.5, 0.6) is 6.01 Å². The molecule has 0 saturated carbocycles. The lowest BCUT2D eigenvalue weighted by atomic mass is 9.95. The summed E-state index contributed by atoms with van der Waals surface area (Å²) < 4.78 is 37.1. The van der Waals surface area contributed by atoms with E-state index in [1.54, 1.807) is 6.20 Å². The fourth-order valence-corrected chi connectivity index (χ4v) is 7.97. The number of pyridine rings is 1. The predicted molar refractivity (Wildman–Crippen MR) is 145 cm³/mol. The highest BCUT2D eigenvalue weighted by Gasteiger charge is 2.49. The number of nitrogens with one attached hydrogen (secondary N) is 1. The van der Waals surface area contributed by atoms with Gasteiger partial charge in [-0.3, -0.25) is 9.88 Å². The molecule has 204 valence electrons. The van der Waals surface area contributed by atoms with Gasteiger partial charge in [-0.25, -0.2) is 8.78 Å². The molecule has 7 nitrogen and oxygen atoms in total. The molecule has 2 unspecified atom stereocenters. The van der Waals surface area contributed by atoms with Crippen molar-refractivity contribution in [1.82, 2.24) is 25.2 Å². The van der Waals surface area contributed by atoms with E-state index in [0.717, 1.165) is 70.1 Å². The van der Waals surface area contributed by atoms with Crippen LogP contribution in [-0.4, -0.2) is 76.4 Å². The summed E-state index contributed by atoms with van der Waals surface area (Å²) in [6.45, 7) is 3.28. The third-order valence-electron chi connectivity index (χ3n) is 9.79. The van der Waals surface area contributed by atoms with E-state index in [9.17, 15) is 4.39 Å². The molecule has 2 bridgehead atoms. The first-order valence-electron chi connectivity index (χ1n) is 14.6. The first-order valence-corrected chi connectivity index (χ1v) is 14.6. The Balaban J connectivity index is 1.22. The van der Waals surface area contributed by atoms with Crippen molar-refractivity contribution in [3.8, 4) is 17.3 Å². The lowest BCUT2D eigenvalue weighted by Crippen LogP contribution is -2.51. The molecular weight excluding hydrogens is 498 g/mol. The number of piperazine rings is 1. The van der Waals surface area contributed by atoms with Crippen LogP contribution < -0.4 is 15.0 Å². The van der Waals surface area contributed by atoms with E-state index in [2.05, 4.69) is 31.2 Å². The average Bonchev–Trinajstić information content (AvgIpc) is 3.71. The zero-order valence-corrected chi connectivity index (χ0v) is 22.1. The molecule has 9 heteroatoms. The maximum Gasteiger partial charge on any atom is 0.319 e. The second kappa shape index (κ2) is 9.06. The number of ether oxygens (including phenoxy) is 1. The van der Waals surface area contributed by atoms with Crippen LogP contribution in [0.2, 0.25) is 0 Å². The van der Waals surface area contributed by atoms with Crippen molar-refractivity contribution in [3.05, 3.63) is 41.3 Å². The minimum absolute atomic E-state index is 0.168. The Kier molecular flexibility index (Phi) is 5.56. The molecule has 4 aliphatic heterocycles. The molecular formula is C30H34F2N6O. The molecule has 1 aliphatic carbocycles. The largest absolute Gasteiger partial charge is 0.461 e. The van der Waals surface area contributed by atoms with Crippen LogP contribution in [0.1, 0.15) is 49.7 Å². The van der Waals surface area contributed by atoms with Crippen LogP contribution in [0.15, 0.2) is 24.4 Å². The van der Waals surface area contributed by atoms with Gasteiger partial charge in [0.1, 0.15) is 29.8 Å². The summed E-state index contributed by atoms with van der Waals surface area (Å²) in [7, 11) is 0. The van der Waals surface area contributed by atoms with Crippen molar-refractivity contribution in [3.63, 3.8) is 0 Å². The Hall–Kier alpha value is -2.91. The topological polar surface area (TPSA) is 66.4 Å². The summed E-state index contributed by atoms with van der Waals surface area (Å²) in [5, 5.41) is 4.28. The summed E-state index contributed by atoms with van der Waals surface area (Å²) in [6, 6.07) is 7.05. The van der Waals surface area contributed by atoms with Gasteiger partial charge in [0.2, 0.25) is 0 Å². The van der Waals surface area contributed by atoms with Gasteiger partial charge in [-0.2, -0.15) is 9.97 Å². The number of nitrogens with zero attached hydrogens (tertiary/aromatic N) is 5. The van der Waals surface area contributed by atoms with Gasteiger partial charge in [-0.05, 0) is 62.6 Å². The Morgan fingerprint density at radius 1 is 1.08 bits per heavy atom. The fourth-order valence-electron chi connectivity index (χ4n) is 7.97. The molecule has 6 heterocycles. The number of aryl methyl sites for hydroxylation is 1. The van der Waals surface area contributed by atoms with Gasteiger partial charge >= 0.3 is 6.01 Å². The SMILES string of the molecule is Fc1c(-c2cccc3c2CCC3)ncc2c(N3CC4CCC(C3)N4)nc(OC[C@@]34CCCN3C[C@H](F)C4)nc12. The minimum Gasteiger partial charge on any atom is -0.461 e. The Labute approximate surface area is 227 Å². The Morgan fingerprint density at radius 2 is 1.95 bits per heavy atom. The zero-order chi connectivity index (χ0) is 26.1. The number of fused-ring (bicyclic) bond motifs is 5. The zero-order valence-electron chi connectivity index (χ0n) is 22.1. The van der Waals surface area contributed by atoms with Gasteiger partial charge in [0, 0.05) is 49.9 Å². The van der Waals surface area contributed by atoms with Gasteiger partial charge in [0.05, 0.1) is 10.9 Å². The molecule has 0 spiro atoms. The lowest BCUT2D eigenvalue weighted by Gasteiger charge is -2.34. The molecule has 4 saturated heterocycles. The highest BCUT2D eigenvalue weighted by atomic mass is 19.1. The van der Waals surface area contributed by atoms with E-state index >= 15 is 4.39 Å². The van der Waals surface area contributed by atoms with Crippen LogP contribution in [0.3, 0.4) is 0 Å². The summed E-state index contributed by atoms with van der Waals surface area (Å²) in [4.78, 5) is 18.6. The molecule has 1 aromatic carbocycles. The highest BCUT2D eigenvalue weighted by molar-refractivity contribution is 5.92. The van der Waals surface area contributed by atoms with Crippen molar-refractivity contribution in [2.45, 2.75) is 75.2 Å². The monoisotopic (exact) mass is 532 g/mol. The van der Waals surface area contributed by atoms with Crippen LogP contribution in [0.4, 0.5) is 14.6 Å². The van der Waals surface area contributed by atoms with Crippen molar-refractivity contribution < 1.29 is 13.5 Å². The van der Waals surface area contributed by atoms with Gasteiger partial charge < -0.3 is 15.0 Å². The molecule has 3 aromatic rings. The summed E-state index contributed by atoms with van der Waals surface area (Å²) in [5.74, 6) is 0.255. The van der Waals surface area contributed by atoms with E-state index in [-0.39, 0.29) is 17.1 Å². The van der Waals surface area contributed by atoms with E-state index in [0.29, 0.717) is 48.6 Å². The molecule has 8 rings (SSSR count). The molecule has 4 atom stereocenters. The van der Waals surface area contributed by atoms with Gasteiger partial charge in [-0.15, -0.1) is 0 Å². The van der Waals surface area contributed by atoms with E-state index < -0.39 is 12.0 Å². The van der Waals surface area contributed by atoms with E-state index in [4.69, 9.17) is 9.72 Å². The highest BCUT2D eigenvalue weighted by Crippen LogP contribution is 2.41. The number of hydrogen-bond donors (Lipinski definition) is 1. The second-order valence-corrected chi connectivity index (χ2v) is 12.2. The smallest absolute Gasteiger partial charge is 0.319 e. The maximum atomic E-state index is 16.4. The van der Waals surface area contributed by atoms with Crippen molar-refractivity contribution in [2.24, 2.45) is 0 Å². The third kappa shape index (κ3) is 3.91. The Morgan fingerprint density at radius 3 is 2.82 bits per heavy atom. The van der Waals surface area contributed by atoms with E-state index in [1.807, 2.05) is 12.1 Å². The fraction of sp³-hybridized carbons (Fsp3) is 0.567. The van der Waals surface area contributed by atoms with E-state index in [1.165, 1.54) is 11.1 Å².